The maximum absolute atomic E-state index is 12.1. The summed E-state index contributed by atoms with van der Waals surface area (Å²) in [6.07, 6.45) is 6.65. The molecule has 0 radical (unpaired) electrons. The van der Waals surface area contributed by atoms with Crippen LogP contribution in [0.5, 0.6) is 0 Å². The topological polar surface area (TPSA) is 26.3 Å². The molecule has 0 aromatic heterocycles. The first-order valence-corrected chi connectivity index (χ1v) is 7.94. The molecule has 21 heavy (non-hydrogen) atoms. The number of hydrogen-bond acceptors (Lipinski definition) is 2. The van der Waals surface area contributed by atoms with E-state index in [-0.39, 0.29) is 12.4 Å². The van der Waals surface area contributed by atoms with Gasteiger partial charge in [-0.1, -0.05) is 57.2 Å². The Labute approximate surface area is 128 Å². The molecule has 2 nitrogen and oxygen atoms in total. The quantitative estimate of drug-likeness (QED) is 0.564. The standard InChI is InChI=1S/C19H26O2/c1-14(2)16-8-10-17(11-9-16)19(20)13-21-12-18-7-5-4-6-15(18)3/h4-5,8-11,14-15,18H,6-7,12-13H2,1-3H3. The van der Waals surface area contributed by atoms with E-state index in [2.05, 4.69) is 32.9 Å². The molecule has 1 aromatic rings. The van der Waals surface area contributed by atoms with Crippen LogP contribution in [-0.4, -0.2) is 19.0 Å². The van der Waals surface area contributed by atoms with E-state index >= 15 is 0 Å². The number of Topliss-reactive ketones (excluding diaryl/α,β-unsaturated/α-hetero) is 1. The molecule has 2 heteroatoms. The molecule has 1 aromatic carbocycles. The summed E-state index contributed by atoms with van der Waals surface area (Å²) in [5.74, 6) is 1.76. The molecule has 0 spiro atoms. The summed E-state index contributed by atoms with van der Waals surface area (Å²) < 4.78 is 5.65. The molecule has 114 valence electrons. The van der Waals surface area contributed by atoms with Gasteiger partial charge in [0.1, 0.15) is 6.61 Å². The van der Waals surface area contributed by atoms with Crippen molar-refractivity contribution in [3.63, 3.8) is 0 Å². The summed E-state index contributed by atoms with van der Waals surface area (Å²) >= 11 is 0. The maximum atomic E-state index is 12.1. The zero-order valence-corrected chi connectivity index (χ0v) is 13.3. The molecular formula is C19H26O2. The number of carbonyl (C=O) groups excluding carboxylic acids is 1. The molecule has 2 rings (SSSR count). The first kappa shape index (κ1) is 16.0. The lowest BCUT2D eigenvalue weighted by Gasteiger charge is -2.24. The number of rotatable bonds is 6. The van der Waals surface area contributed by atoms with Crippen molar-refractivity contribution in [1.82, 2.24) is 0 Å². The first-order chi connectivity index (χ1) is 10.1. The van der Waals surface area contributed by atoms with Crippen LogP contribution >= 0.6 is 0 Å². The third kappa shape index (κ3) is 4.53. The number of hydrogen-bond donors (Lipinski definition) is 0. The van der Waals surface area contributed by atoms with E-state index in [1.165, 1.54) is 5.56 Å². The lowest BCUT2D eigenvalue weighted by Crippen LogP contribution is -2.21. The Morgan fingerprint density at radius 3 is 2.48 bits per heavy atom. The molecule has 2 unspecified atom stereocenters. The van der Waals surface area contributed by atoms with Gasteiger partial charge in [0, 0.05) is 5.56 Å². The fraction of sp³-hybridized carbons (Fsp3) is 0.526. The smallest absolute Gasteiger partial charge is 0.188 e. The van der Waals surface area contributed by atoms with Gasteiger partial charge in [0.15, 0.2) is 5.78 Å². The first-order valence-electron chi connectivity index (χ1n) is 7.94. The number of benzene rings is 1. The molecular weight excluding hydrogens is 260 g/mol. The van der Waals surface area contributed by atoms with Crippen molar-refractivity contribution in [2.45, 2.75) is 39.5 Å². The molecule has 0 N–H and O–H groups in total. The molecule has 0 bridgehead atoms. The molecule has 0 saturated carbocycles. The minimum Gasteiger partial charge on any atom is -0.373 e. The van der Waals surface area contributed by atoms with Gasteiger partial charge in [0.25, 0.3) is 0 Å². The van der Waals surface area contributed by atoms with E-state index in [0.29, 0.717) is 24.4 Å². The van der Waals surface area contributed by atoms with E-state index in [1.807, 2.05) is 24.3 Å². The monoisotopic (exact) mass is 286 g/mol. The molecule has 0 amide bonds. The predicted molar refractivity (Wildman–Crippen MR) is 86.7 cm³/mol. The normalized spacial score (nSPS) is 21.7. The summed E-state index contributed by atoms with van der Waals surface area (Å²) in [6.45, 7) is 7.43. The Balaban J connectivity index is 1.80. The fourth-order valence-corrected chi connectivity index (χ4v) is 2.68. The van der Waals surface area contributed by atoms with Crippen molar-refractivity contribution in [3.8, 4) is 0 Å². The van der Waals surface area contributed by atoms with Crippen molar-refractivity contribution in [3.05, 3.63) is 47.5 Å². The summed E-state index contributed by atoms with van der Waals surface area (Å²) in [6, 6.07) is 7.89. The number of allylic oxidation sites excluding steroid dienone is 2. The second kappa shape index (κ2) is 7.56. The van der Waals surface area contributed by atoms with Crippen molar-refractivity contribution in [2.24, 2.45) is 11.8 Å². The number of carbonyl (C=O) groups is 1. The van der Waals surface area contributed by atoms with Gasteiger partial charge in [-0.25, -0.2) is 0 Å². The molecule has 1 aliphatic rings. The highest BCUT2D eigenvalue weighted by molar-refractivity contribution is 5.97. The lowest BCUT2D eigenvalue weighted by molar-refractivity contribution is 0.0602. The minimum atomic E-state index is 0.0734. The van der Waals surface area contributed by atoms with Gasteiger partial charge in [-0.3, -0.25) is 4.79 Å². The number of ketones is 1. The molecule has 2 atom stereocenters. The Morgan fingerprint density at radius 1 is 1.19 bits per heavy atom. The van der Waals surface area contributed by atoms with Crippen LogP contribution in [0, 0.1) is 11.8 Å². The molecule has 0 saturated heterocycles. The van der Waals surface area contributed by atoms with Crippen LogP contribution < -0.4 is 0 Å². The van der Waals surface area contributed by atoms with Gasteiger partial charge in [0.2, 0.25) is 0 Å². The summed E-state index contributed by atoms with van der Waals surface area (Å²) in [7, 11) is 0. The second-order valence-electron chi connectivity index (χ2n) is 6.40. The third-order valence-electron chi connectivity index (χ3n) is 4.38. The lowest BCUT2D eigenvalue weighted by atomic mass is 9.85. The summed E-state index contributed by atoms with van der Waals surface area (Å²) in [5.41, 5.74) is 2.01. The van der Waals surface area contributed by atoms with E-state index in [4.69, 9.17) is 4.74 Å². The highest BCUT2D eigenvalue weighted by Gasteiger charge is 2.18. The van der Waals surface area contributed by atoms with Crippen molar-refractivity contribution < 1.29 is 9.53 Å². The Hall–Kier alpha value is -1.41. The molecule has 0 fully saturated rings. The van der Waals surface area contributed by atoms with Gasteiger partial charge < -0.3 is 4.74 Å². The van der Waals surface area contributed by atoms with Crippen LogP contribution in [0.25, 0.3) is 0 Å². The van der Waals surface area contributed by atoms with Crippen LogP contribution in [0.2, 0.25) is 0 Å². The highest BCUT2D eigenvalue weighted by Crippen LogP contribution is 2.25. The van der Waals surface area contributed by atoms with E-state index < -0.39 is 0 Å². The Kier molecular flexibility index (Phi) is 5.75. The van der Waals surface area contributed by atoms with Crippen LogP contribution in [0.15, 0.2) is 36.4 Å². The second-order valence-corrected chi connectivity index (χ2v) is 6.40. The largest absolute Gasteiger partial charge is 0.373 e. The summed E-state index contributed by atoms with van der Waals surface area (Å²) in [4.78, 5) is 12.1. The van der Waals surface area contributed by atoms with Gasteiger partial charge in [-0.2, -0.15) is 0 Å². The molecule has 1 aliphatic carbocycles. The van der Waals surface area contributed by atoms with Crippen molar-refractivity contribution in [2.75, 3.05) is 13.2 Å². The van der Waals surface area contributed by atoms with Gasteiger partial charge in [0.05, 0.1) is 6.61 Å². The zero-order chi connectivity index (χ0) is 15.2. The van der Waals surface area contributed by atoms with E-state index in [9.17, 15) is 4.79 Å². The van der Waals surface area contributed by atoms with Crippen LogP contribution in [0.1, 0.15) is 55.5 Å². The van der Waals surface area contributed by atoms with Crippen LogP contribution in [0.3, 0.4) is 0 Å². The fourth-order valence-electron chi connectivity index (χ4n) is 2.68. The Morgan fingerprint density at radius 2 is 1.86 bits per heavy atom. The van der Waals surface area contributed by atoms with E-state index in [1.54, 1.807) is 0 Å². The highest BCUT2D eigenvalue weighted by atomic mass is 16.5. The Bertz CT molecular complexity index is 485. The summed E-state index contributed by atoms with van der Waals surface area (Å²) in [5, 5.41) is 0. The van der Waals surface area contributed by atoms with Crippen molar-refractivity contribution in [1.29, 1.82) is 0 Å². The SMILES string of the molecule is CC(C)c1ccc(C(=O)COCC2CC=CCC2C)cc1. The molecule has 0 aliphatic heterocycles. The number of ether oxygens (including phenoxy) is 1. The van der Waals surface area contributed by atoms with Gasteiger partial charge in [-0.15, -0.1) is 0 Å². The van der Waals surface area contributed by atoms with Crippen LogP contribution in [0.4, 0.5) is 0 Å². The van der Waals surface area contributed by atoms with Crippen LogP contribution in [-0.2, 0) is 4.74 Å². The average Bonchev–Trinajstić information content (AvgIpc) is 2.49. The molecule has 0 heterocycles. The zero-order valence-electron chi connectivity index (χ0n) is 13.3. The average molecular weight is 286 g/mol. The van der Waals surface area contributed by atoms with E-state index in [0.717, 1.165) is 18.4 Å². The maximum Gasteiger partial charge on any atom is 0.188 e. The third-order valence-corrected chi connectivity index (χ3v) is 4.38. The van der Waals surface area contributed by atoms with Crippen molar-refractivity contribution >= 4 is 5.78 Å². The minimum absolute atomic E-state index is 0.0734. The predicted octanol–water partition coefficient (Wildman–Crippen LogP) is 4.61. The van der Waals surface area contributed by atoms with Gasteiger partial charge >= 0.3 is 0 Å². The van der Waals surface area contributed by atoms with Gasteiger partial charge in [-0.05, 0) is 36.2 Å².